The summed E-state index contributed by atoms with van der Waals surface area (Å²) < 4.78 is 5.63. The lowest BCUT2D eigenvalue weighted by atomic mass is 10.3. The van der Waals surface area contributed by atoms with Gasteiger partial charge in [-0.05, 0) is 62.4 Å². The van der Waals surface area contributed by atoms with Gasteiger partial charge in [-0.2, -0.15) is 0 Å². The number of anilines is 1. The van der Waals surface area contributed by atoms with E-state index >= 15 is 0 Å². The number of hydrogen-bond donors (Lipinski definition) is 1. The van der Waals surface area contributed by atoms with E-state index in [-0.39, 0.29) is 12.0 Å². The zero-order chi connectivity index (χ0) is 15.9. The van der Waals surface area contributed by atoms with Crippen molar-refractivity contribution in [2.45, 2.75) is 29.7 Å². The lowest BCUT2D eigenvalue weighted by molar-refractivity contribution is -0.113. The lowest BCUT2D eigenvalue weighted by Gasteiger charge is -2.10. The Labute approximate surface area is 143 Å². The molecule has 116 valence electrons. The first-order chi connectivity index (χ1) is 10.6. The Morgan fingerprint density at radius 3 is 2.14 bits per heavy atom. The molecule has 3 nitrogen and oxygen atoms in total. The molecule has 2 rings (SSSR count). The summed E-state index contributed by atoms with van der Waals surface area (Å²) in [6, 6.07) is 15.8. The first-order valence-electron chi connectivity index (χ1n) is 6.97. The minimum Gasteiger partial charge on any atom is -0.491 e. The molecule has 0 unspecified atom stereocenters. The van der Waals surface area contributed by atoms with Gasteiger partial charge in [-0.25, -0.2) is 0 Å². The molecule has 0 saturated heterocycles. The van der Waals surface area contributed by atoms with Crippen LogP contribution >= 0.6 is 27.7 Å². The minimum atomic E-state index is -0.0545. The normalized spacial score (nSPS) is 10.5. The van der Waals surface area contributed by atoms with Crippen LogP contribution < -0.4 is 10.1 Å². The summed E-state index contributed by atoms with van der Waals surface area (Å²) in [6.45, 7) is 4.02. The average Bonchev–Trinajstić information content (AvgIpc) is 2.50. The van der Waals surface area contributed by atoms with E-state index in [0.29, 0.717) is 5.33 Å². The van der Waals surface area contributed by atoms with Crippen LogP contribution in [0.4, 0.5) is 5.69 Å². The summed E-state index contributed by atoms with van der Waals surface area (Å²) in [6.07, 6.45) is 0.181. The third-order valence-corrected chi connectivity index (χ3v) is 4.22. The Kier molecular flexibility index (Phi) is 6.34. The molecule has 0 aliphatic heterocycles. The number of ether oxygens (including phenoxy) is 1. The van der Waals surface area contributed by atoms with Gasteiger partial charge in [0.05, 0.1) is 11.4 Å². The van der Waals surface area contributed by atoms with E-state index in [1.807, 2.05) is 62.4 Å². The van der Waals surface area contributed by atoms with E-state index in [0.717, 1.165) is 21.2 Å². The van der Waals surface area contributed by atoms with Gasteiger partial charge in [0.15, 0.2) is 0 Å². The van der Waals surface area contributed by atoms with Crippen LogP contribution in [0.1, 0.15) is 13.8 Å². The largest absolute Gasteiger partial charge is 0.491 e. The monoisotopic (exact) mass is 379 g/mol. The molecular formula is C17H18BrNO2S. The highest BCUT2D eigenvalue weighted by molar-refractivity contribution is 9.09. The van der Waals surface area contributed by atoms with Crippen molar-refractivity contribution in [2.75, 3.05) is 10.6 Å². The molecule has 2 aromatic carbocycles. The maximum atomic E-state index is 11.3. The summed E-state index contributed by atoms with van der Waals surface area (Å²) in [4.78, 5) is 13.6. The van der Waals surface area contributed by atoms with Crippen molar-refractivity contribution in [3.8, 4) is 5.75 Å². The molecule has 1 N–H and O–H groups in total. The zero-order valence-corrected chi connectivity index (χ0v) is 14.9. The van der Waals surface area contributed by atoms with Crippen LogP contribution in [0.15, 0.2) is 58.3 Å². The highest BCUT2D eigenvalue weighted by atomic mass is 79.9. The topological polar surface area (TPSA) is 38.3 Å². The van der Waals surface area contributed by atoms with Crippen LogP contribution in [0.2, 0.25) is 0 Å². The Morgan fingerprint density at radius 2 is 1.64 bits per heavy atom. The van der Waals surface area contributed by atoms with Gasteiger partial charge in [-0.15, -0.1) is 0 Å². The SMILES string of the molecule is CC(C)Oc1ccc(Sc2ccc(NC(=O)CBr)cc2)cc1. The molecule has 0 radical (unpaired) electrons. The minimum absolute atomic E-state index is 0.0545. The van der Waals surface area contributed by atoms with E-state index in [2.05, 4.69) is 21.2 Å². The average molecular weight is 380 g/mol. The van der Waals surface area contributed by atoms with Crippen LogP contribution in [0.25, 0.3) is 0 Å². The molecular weight excluding hydrogens is 362 g/mol. The number of nitrogens with one attached hydrogen (secondary N) is 1. The molecule has 0 aliphatic carbocycles. The van der Waals surface area contributed by atoms with E-state index < -0.39 is 0 Å². The van der Waals surface area contributed by atoms with Crippen LogP contribution in [-0.2, 0) is 4.79 Å². The fourth-order valence-corrected chi connectivity index (χ4v) is 2.75. The van der Waals surface area contributed by atoms with Crippen LogP contribution in [0.5, 0.6) is 5.75 Å². The Balaban J connectivity index is 1.97. The molecule has 0 aromatic heterocycles. The third-order valence-electron chi connectivity index (χ3n) is 2.69. The molecule has 5 heteroatoms. The molecule has 0 bridgehead atoms. The maximum absolute atomic E-state index is 11.3. The fourth-order valence-electron chi connectivity index (χ4n) is 1.80. The summed E-state index contributed by atoms with van der Waals surface area (Å²) in [5.41, 5.74) is 0.800. The molecule has 0 saturated carbocycles. The van der Waals surface area contributed by atoms with Gasteiger partial charge >= 0.3 is 0 Å². The Morgan fingerprint density at radius 1 is 1.09 bits per heavy atom. The van der Waals surface area contributed by atoms with Crippen molar-refractivity contribution in [3.63, 3.8) is 0 Å². The van der Waals surface area contributed by atoms with Crippen molar-refractivity contribution < 1.29 is 9.53 Å². The van der Waals surface area contributed by atoms with Crippen molar-refractivity contribution in [2.24, 2.45) is 0 Å². The number of carbonyl (C=O) groups excluding carboxylic acids is 1. The highest BCUT2D eigenvalue weighted by Crippen LogP contribution is 2.30. The van der Waals surface area contributed by atoms with Crippen LogP contribution in [0, 0.1) is 0 Å². The van der Waals surface area contributed by atoms with Crippen molar-refractivity contribution in [1.82, 2.24) is 0 Å². The first kappa shape index (κ1) is 16.9. The van der Waals surface area contributed by atoms with Crippen LogP contribution in [-0.4, -0.2) is 17.3 Å². The predicted molar refractivity (Wildman–Crippen MR) is 95.2 cm³/mol. The zero-order valence-electron chi connectivity index (χ0n) is 12.5. The standard InChI is InChI=1S/C17H18BrNO2S/c1-12(2)21-14-5-9-16(10-6-14)22-15-7-3-13(4-8-15)19-17(20)11-18/h3-10,12H,11H2,1-2H3,(H,19,20). The van der Waals surface area contributed by atoms with Crippen molar-refractivity contribution in [1.29, 1.82) is 0 Å². The first-order valence-corrected chi connectivity index (χ1v) is 8.91. The molecule has 2 aromatic rings. The van der Waals surface area contributed by atoms with Gasteiger partial charge in [0.1, 0.15) is 5.75 Å². The summed E-state index contributed by atoms with van der Waals surface area (Å²) in [5, 5.41) is 3.10. The van der Waals surface area contributed by atoms with Gasteiger partial charge in [-0.1, -0.05) is 27.7 Å². The number of alkyl halides is 1. The maximum Gasteiger partial charge on any atom is 0.235 e. The predicted octanol–water partition coefficient (Wildman–Crippen LogP) is 4.96. The number of hydrogen-bond acceptors (Lipinski definition) is 3. The Bertz CT molecular complexity index is 612. The number of benzene rings is 2. The molecule has 0 fully saturated rings. The van der Waals surface area contributed by atoms with Gasteiger partial charge in [-0.3, -0.25) is 4.79 Å². The number of halogens is 1. The van der Waals surface area contributed by atoms with Gasteiger partial charge in [0.25, 0.3) is 0 Å². The molecule has 0 spiro atoms. The molecule has 22 heavy (non-hydrogen) atoms. The van der Waals surface area contributed by atoms with E-state index in [4.69, 9.17) is 4.74 Å². The van der Waals surface area contributed by atoms with Gasteiger partial charge < -0.3 is 10.1 Å². The molecule has 0 atom stereocenters. The number of carbonyl (C=O) groups is 1. The molecule has 1 amide bonds. The fraction of sp³-hybridized carbons (Fsp3) is 0.235. The summed E-state index contributed by atoms with van der Waals surface area (Å²) in [5.74, 6) is 0.827. The van der Waals surface area contributed by atoms with Gasteiger partial charge in [0.2, 0.25) is 5.91 Å². The molecule has 0 aliphatic rings. The smallest absolute Gasteiger partial charge is 0.235 e. The summed E-state index contributed by atoms with van der Waals surface area (Å²) in [7, 11) is 0. The van der Waals surface area contributed by atoms with Gasteiger partial charge in [0, 0.05) is 15.5 Å². The van der Waals surface area contributed by atoms with E-state index in [1.165, 1.54) is 0 Å². The number of rotatable bonds is 6. The van der Waals surface area contributed by atoms with E-state index in [9.17, 15) is 4.79 Å². The quantitative estimate of drug-likeness (QED) is 0.720. The third kappa shape index (κ3) is 5.39. The van der Waals surface area contributed by atoms with Crippen molar-refractivity contribution >= 4 is 39.3 Å². The lowest BCUT2D eigenvalue weighted by Crippen LogP contribution is -2.11. The highest BCUT2D eigenvalue weighted by Gasteiger charge is 2.02. The second-order valence-corrected chi connectivity index (χ2v) is 6.65. The Hall–Kier alpha value is -1.46. The summed E-state index contributed by atoms with van der Waals surface area (Å²) >= 11 is 4.80. The molecule has 0 heterocycles. The second-order valence-electron chi connectivity index (χ2n) is 4.95. The van der Waals surface area contributed by atoms with Crippen LogP contribution in [0.3, 0.4) is 0 Å². The van der Waals surface area contributed by atoms with E-state index in [1.54, 1.807) is 11.8 Å². The number of amides is 1. The van der Waals surface area contributed by atoms with Crippen molar-refractivity contribution in [3.05, 3.63) is 48.5 Å². The second kappa shape index (κ2) is 8.25.